The molecule has 0 aliphatic heterocycles. The van der Waals surface area contributed by atoms with Gasteiger partial charge in [-0.25, -0.2) is 8.78 Å². The molecule has 0 amide bonds. The third kappa shape index (κ3) is 7.44. The molecule has 0 aromatic heterocycles. The zero-order chi connectivity index (χ0) is 29.8. The first-order chi connectivity index (χ1) is 19.3. The Morgan fingerprint density at radius 2 is 1.66 bits per heavy atom. The summed E-state index contributed by atoms with van der Waals surface area (Å²) in [5, 5.41) is 27.7. The summed E-state index contributed by atoms with van der Waals surface area (Å²) in [4.78, 5) is 11.1. The van der Waals surface area contributed by atoms with Gasteiger partial charge in [-0.3, -0.25) is 4.79 Å². The van der Waals surface area contributed by atoms with Gasteiger partial charge in [0.05, 0.1) is 18.6 Å². The summed E-state index contributed by atoms with van der Waals surface area (Å²) in [7, 11) is 0. The number of carbonyl (C=O) groups is 1. The van der Waals surface area contributed by atoms with Crippen molar-refractivity contribution < 1.29 is 23.8 Å². The van der Waals surface area contributed by atoms with Crippen LogP contribution in [0.2, 0.25) is 0 Å². The van der Waals surface area contributed by atoms with Crippen LogP contribution < -0.4 is 10.6 Å². The van der Waals surface area contributed by atoms with Gasteiger partial charge in [0, 0.05) is 29.3 Å². The molecule has 0 bridgehead atoms. The molecule has 7 heteroatoms. The van der Waals surface area contributed by atoms with Crippen molar-refractivity contribution >= 4 is 11.7 Å². The van der Waals surface area contributed by atoms with Gasteiger partial charge in [0.25, 0.3) is 0 Å². The Bertz CT molecular complexity index is 1260. The maximum absolute atomic E-state index is 14.3. The van der Waals surface area contributed by atoms with Gasteiger partial charge in [-0.2, -0.15) is 0 Å². The lowest BCUT2D eigenvalue weighted by Crippen LogP contribution is -2.60. The van der Waals surface area contributed by atoms with E-state index in [1.54, 1.807) is 24.3 Å². The van der Waals surface area contributed by atoms with E-state index in [0.717, 1.165) is 38.2 Å². The fraction of sp³-hybridized carbons (Fsp3) is 0.500. The molecule has 2 aromatic carbocycles. The Labute approximate surface area is 242 Å². The first kappa shape index (κ1) is 30.9. The van der Waals surface area contributed by atoms with Crippen molar-refractivity contribution in [1.29, 1.82) is 0 Å². The summed E-state index contributed by atoms with van der Waals surface area (Å²) in [5.41, 5.74) is 2.48. The molecule has 2 aliphatic rings. The van der Waals surface area contributed by atoms with Gasteiger partial charge < -0.3 is 20.8 Å². The quantitative estimate of drug-likeness (QED) is 0.242. The topological polar surface area (TPSA) is 81.6 Å². The Kier molecular flexibility index (Phi) is 9.39. The lowest BCUT2D eigenvalue weighted by atomic mass is 9.59. The number of rotatable bonds is 10. The number of hydrogen-bond donors (Lipinski definition) is 4. The molecule has 4 N–H and O–H groups in total. The van der Waals surface area contributed by atoms with Crippen molar-refractivity contribution in [2.24, 2.45) is 10.8 Å². The Morgan fingerprint density at radius 1 is 1.02 bits per heavy atom. The summed E-state index contributed by atoms with van der Waals surface area (Å²) in [6.07, 6.45) is 12.0. The summed E-state index contributed by atoms with van der Waals surface area (Å²) < 4.78 is 28.6. The van der Waals surface area contributed by atoms with E-state index in [0.29, 0.717) is 16.8 Å². The third-order valence-corrected chi connectivity index (χ3v) is 8.89. The van der Waals surface area contributed by atoms with Crippen LogP contribution >= 0.6 is 0 Å². The predicted molar refractivity (Wildman–Crippen MR) is 160 cm³/mol. The van der Waals surface area contributed by atoms with Gasteiger partial charge in [-0.1, -0.05) is 77.3 Å². The van der Waals surface area contributed by atoms with Gasteiger partial charge >= 0.3 is 5.97 Å². The second kappa shape index (κ2) is 12.5. The molecule has 4 rings (SSSR count). The maximum Gasteiger partial charge on any atom is 0.307 e. The van der Waals surface area contributed by atoms with Crippen LogP contribution in [0, 0.1) is 22.5 Å². The first-order valence-electron chi connectivity index (χ1n) is 14.7. The van der Waals surface area contributed by atoms with Gasteiger partial charge in [-0.05, 0) is 65.6 Å². The summed E-state index contributed by atoms with van der Waals surface area (Å²) in [6.45, 7) is 9.21. The van der Waals surface area contributed by atoms with Crippen LogP contribution in [-0.2, 0) is 11.2 Å². The number of β-amino-alcohol motifs (C(OH)–C–C–N with tert-alkyl or cyclic N) is 1. The molecule has 222 valence electrons. The van der Waals surface area contributed by atoms with Crippen LogP contribution in [0.25, 0.3) is 0 Å². The average Bonchev–Trinajstić information content (AvgIpc) is 2.90. The van der Waals surface area contributed by atoms with Crippen LogP contribution in [0.3, 0.4) is 0 Å². The normalized spacial score (nSPS) is 22.1. The number of hydrogen-bond acceptors (Lipinski definition) is 4. The highest BCUT2D eigenvalue weighted by Crippen LogP contribution is 2.49. The molecule has 0 saturated heterocycles. The monoisotopic (exact) mass is 566 g/mol. The number of benzene rings is 2. The van der Waals surface area contributed by atoms with Crippen molar-refractivity contribution in [3.8, 4) is 0 Å². The molecule has 5 nitrogen and oxygen atoms in total. The standard InChI is InChI=1S/C34H44F2N2O3/c1-32(2,3)25-9-8-14-33(4,21-25)34(15-6-5-7-16-34)37-22-29(39)31(24-18-26(35)20-27(36)19-24)38-28-12-10-23(11-13-28)17-30(40)41/h8-13,18-21,29,31,37-39H,5-7,14-17,22H2,1-4H3,(H,40,41)/t29-,31?,33?/m1/s1. The lowest BCUT2D eigenvalue weighted by molar-refractivity contribution is -0.136. The van der Waals surface area contributed by atoms with E-state index in [4.69, 9.17) is 5.11 Å². The van der Waals surface area contributed by atoms with E-state index in [1.807, 2.05) is 0 Å². The van der Waals surface area contributed by atoms with Gasteiger partial charge in [0.2, 0.25) is 0 Å². The minimum atomic E-state index is -1.01. The van der Waals surface area contributed by atoms with E-state index in [2.05, 4.69) is 56.6 Å². The largest absolute Gasteiger partial charge is 0.481 e. The molecule has 1 fully saturated rings. The minimum absolute atomic E-state index is 0.0179. The van der Waals surface area contributed by atoms with Crippen molar-refractivity contribution in [3.05, 3.63) is 89.0 Å². The molecule has 41 heavy (non-hydrogen) atoms. The molecule has 0 heterocycles. The van der Waals surface area contributed by atoms with Gasteiger partial charge in [0.1, 0.15) is 11.6 Å². The fourth-order valence-corrected chi connectivity index (χ4v) is 6.43. The number of aliphatic hydroxyl groups is 1. The lowest BCUT2D eigenvalue weighted by Gasteiger charge is -2.52. The Hall–Kier alpha value is -3.03. The molecule has 2 aromatic rings. The number of aliphatic hydroxyl groups excluding tert-OH is 1. The molecule has 0 spiro atoms. The zero-order valence-electron chi connectivity index (χ0n) is 24.6. The van der Waals surface area contributed by atoms with Crippen molar-refractivity contribution in [2.45, 2.75) is 90.3 Å². The first-order valence-corrected chi connectivity index (χ1v) is 14.7. The van der Waals surface area contributed by atoms with Crippen LogP contribution in [0.5, 0.6) is 0 Å². The number of allylic oxidation sites excluding steroid dienone is 3. The molecule has 2 aliphatic carbocycles. The van der Waals surface area contributed by atoms with Crippen molar-refractivity contribution in [1.82, 2.24) is 5.32 Å². The smallest absolute Gasteiger partial charge is 0.307 e. The molecule has 0 radical (unpaired) electrons. The SMILES string of the molecule is CC(C)(C)C1=CC(C)(C2(NC[C@@H](O)C(Nc3ccc(CC(=O)O)cc3)c3cc(F)cc(F)c3)CCCCC2)CC=C1. The molecule has 3 atom stereocenters. The zero-order valence-corrected chi connectivity index (χ0v) is 24.6. The van der Waals surface area contributed by atoms with E-state index >= 15 is 0 Å². The highest BCUT2D eigenvalue weighted by Gasteiger charge is 2.48. The molecule has 2 unspecified atom stereocenters. The average molecular weight is 567 g/mol. The van der Waals surface area contributed by atoms with E-state index in [1.165, 1.54) is 24.1 Å². The van der Waals surface area contributed by atoms with Crippen LogP contribution in [0.15, 0.2) is 66.3 Å². The summed E-state index contributed by atoms with van der Waals surface area (Å²) in [5.74, 6) is -2.36. The van der Waals surface area contributed by atoms with Crippen LogP contribution in [-0.4, -0.2) is 34.4 Å². The molecular formula is C34H44F2N2O3. The van der Waals surface area contributed by atoms with Gasteiger partial charge in [-0.15, -0.1) is 0 Å². The maximum atomic E-state index is 14.3. The number of carboxylic acids is 1. The number of halogens is 2. The highest BCUT2D eigenvalue weighted by molar-refractivity contribution is 5.70. The Balaban J connectivity index is 1.61. The van der Waals surface area contributed by atoms with Crippen molar-refractivity contribution in [2.75, 3.05) is 11.9 Å². The number of carboxylic acid groups (broad SMARTS) is 1. The molecule has 1 saturated carbocycles. The fourth-order valence-electron chi connectivity index (χ4n) is 6.43. The highest BCUT2D eigenvalue weighted by atomic mass is 19.1. The molecular weight excluding hydrogens is 522 g/mol. The number of nitrogens with one attached hydrogen (secondary N) is 2. The van der Waals surface area contributed by atoms with Gasteiger partial charge in [0.15, 0.2) is 0 Å². The van der Waals surface area contributed by atoms with E-state index in [9.17, 15) is 18.7 Å². The number of anilines is 1. The van der Waals surface area contributed by atoms with Crippen molar-refractivity contribution in [3.63, 3.8) is 0 Å². The van der Waals surface area contributed by atoms with Crippen LogP contribution in [0.4, 0.5) is 14.5 Å². The summed E-state index contributed by atoms with van der Waals surface area (Å²) in [6, 6.07) is 9.32. The number of aliphatic carboxylic acids is 1. The van der Waals surface area contributed by atoms with E-state index < -0.39 is 29.7 Å². The third-order valence-electron chi connectivity index (χ3n) is 8.89. The predicted octanol–water partition coefficient (Wildman–Crippen LogP) is 7.34. The second-order valence-corrected chi connectivity index (χ2v) is 13.1. The summed E-state index contributed by atoms with van der Waals surface area (Å²) >= 11 is 0. The van der Waals surface area contributed by atoms with Crippen LogP contribution in [0.1, 0.15) is 83.4 Å². The minimum Gasteiger partial charge on any atom is -0.481 e. The van der Waals surface area contributed by atoms with E-state index in [-0.39, 0.29) is 29.3 Å². The Morgan fingerprint density at radius 3 is 2.24 bits per heavy atom. The second-order valence-electron chi connectivity index (χ2n) is 13.1.